The van der Waals surface area contributed by atoms with Gasteiger partial charge in [0, 0.05) is 32.7 Å². The van der Waals surface area contributed by atoms with E-state index in [2.05, 4.69) is 4.90 Å². The predicted octanol–water partition coefficient (Wildman–Crippen LogP) is 1.87. The minimum Gasteiger partial charge on any atom is -0.473 e. The Labute approximate surface area is 168 Å². The molecule has 29 heavy (non-hydrogen) atoms. The molecule has 8 heteroatoms. The average molecular weight is 402 g/mol. The number of halogens is 1. The summed E-state index contributed by atoms with van der Waals surface area (Å²) in [4.78, 5) is 34.8. The summed E-state index contributed by atoms with van der Waals surface area (Å²) in [5, 5.41) is 14.8. The number of rotatable bonds is 4. The third-order valence-electron chi connectivity index (χ3n) is 4.43. The van der Waals surface area contributed by atoms with Crippen LogP contribution in [0.4, 0.5) is 4.39 Å². The zero-order valence-electron chi connectivity index (χ0n) is 15.8. The normalized spacial score (nSPS) is 13.9. The third-order valence-corrected chi connectivity index (χ3v) is 4.43. The van der Waals surface area contributed by atoms with Gasteiger partial charge in [-0.05, 0) is 23.3 Å². The van der Waals surface area contributed by atoms with Crippen molar-refractivity contribution in [3.05, 3.63) is 71.5 Å². The fraction of sp³-hybridized carbons (Fsp3) is 0.286. The molecule has 0 bridgehead atoms. The maximum Gasteiger partial charge on any atom is 0.414 e. The summed E-state index contributed by atoms with van der Waals surface area (Å²) in [6, 6.07) is 16.5. The number of hydrogen-bond acceptors (Lipinski definition) is 4. The van der Waals surface area contributed by atoms with Gasteiger partial charge in [0.05, 0.1) is 6.42 Å². The summed E-state index contributed by atoms with van der Waals surface area (Å²) in [7, 11) is 0. The fourth-order valence-corrected chi connectivity index (χ4v) is 2.89. The summed E-state index contributed by atoms with van der Waals surface area (Å²) >= 11 is 0. The number of carbonyl (C=O) groups excluding carboxylic acids is 1. The van der Waals surface area contributed by atoms with Crippen LogP contribution in [0.15, 0.2) is 54.6 Å². The van der Waals surface area contributed by atoms with Gasteiger partial charge in [-0.3, -0.25) is 9.69 Å². The highest BCUT2D eigenvalue weighted by atomic mass is 19.1. The zero-order chi connectivity index (χ0) is 21.2. The maximum absolute atomic E-state index is 12.9. The molecule has 2 aromatic carbocycles. The van der Waals surface area contributed by atoms with Gasteiger partial charge in [0.2, 0.25) is 5.91 Å². The minimum absolute atomic E-state index is 0.192. The van der Waals surface area contributed by atoms with Crippen LogP contribution in [0.1, 0.15) is 11.1 Å². The first kappa shape index (κ1) is 22.0. The molecule has 1 fully saturated rings. The molecule has 1 heterocycles. The van der Waals surface area contributed by atoms with Crippen molar-refractivity contribution in [1.82, 2.24) is 9.80 Å². The number of benzene rings is 2. The Balaban J connectivity index is 0.000000438. The first-order chi connectivity index (χ1) is 13.8. The van der Waals surface area contributed by atoms with Gasteiger partial charge in [0.25, 0.3) is 0 Å². The predicted molar refractivity (Wildman–Crippen MR) is 104 cm³/mol. The van der Waals surface area contributed by atoms with E-state index in [9.17, 15) is 9.18 Å². The summed E-state index contributed by atoms with van der Waals surface area (Å²) in [6.07, 6.45) is 0.471. The monoisotopic (exact) mass is 402 g/mol. The van der Waals surface area contributed by atoms with E-state index in [0.717, 1.165) is 43.9 Å². The third kappa shape index (κ3) is 7.71. The lowest BCUT2D eigenvalue weighted by atomic mass is 10.1. The van der Waals surface area contributed by atoms with Gasteiger partial charge in [0.15, 0.2) is 0 Å². The molecule has 1 aliphatic rings. The number of carboxylic acids is 2. The van der Waals surface area contributed by atoms with Crippen LogP contribution < -0.4 is 0 Å². The molecular formula is C21H23FN2O5. The number of carboxylic acid groups (broad SMARTS) is 2. The topological polar surface area (TPSA) is 98.2 Å². The summed E-state index contributed by atoms with van der Waals surface area (Å²) in [5.41, 5.74) is 2.17. The fourth-order valence-electron chi connectivity index (χ4n) is 2.89. The van der Waals surface area contributed by atoms with E-state index in [-0.39, 0.29) is 11.7 Å². The Hall–Kier alpha value is -3.26. The van der Waals surface area contributed by atoms with Gasteiger partial charge in [0.1, 0.15) is 5.82 Å². The molecule has 2 aromatic rings. The van der Waals surface area contributed by atoms with Crippen LogP contribution in [0.3, 0.4) is 0 Å². The molecule has 1 amide bonds. The van der Waals surface area contributed by atoms with Crippen LogP contribution >= 0.6 is 0 Å². The van der Waals surface area contributed by atoms with Crippen molar-refractivity contribution in [2.24, 2.45) is 0 Å². The molecule has 0 radical (unpaired) electrons. The molecule has 0 aromatic heterocycles. The SMILES string of the molecule is O=C(Cc1ccccc1)N1CCN(Cc2ccc(F)cc2)CC1.O=C(O)C(=O)O. The van der Waals surface area contributed by atoms with Gasteiger partial charge >= 0.3 is 11.9 Å². The van der Waals surface area contributed by atoms with Crippen LogP contribution in [-0.2, 0) is 27.3 Å². The van der Waals surface area contributed by atoms with Crippen molar-refractivity contribution in [2.75, 3.05) is 26.2 Å². The lowest BCUT2D eigenvalue weighted by Gasteiger charge is -2.34. The van der Waals surface area contributed by atoms with Crippen LogP contribution in [-0.4, -0.2) is 64.0 Å². The minimum atomic E-state index is -1.82. The smallest absolute Gasteiger partial charge is 0.414 e. The van der Waals surface area contributed by atoms with E-state index < -0.39 is 11.9 Å². The van der Waals surface area contributed by atoms with Crippen LogP contribution in [0.5, 0.6) is 0 Å². The average Bonchev–Trinajstić information content (AvgIpc) is 2.71. The maximum atomic E-state index is 12.9. The molecular weight excluding hydrogens is 379 g/mol. The van der Waals surface area contributed by atoms with Gasteiger partial charge in [-0.2, -0.15) is 0 Å². The van der Waals surface area contributed by atoms with E-state index in [1.807, 2.05) is 47.4 Å². The van der Waals surface area contributed by atoms with E-state index in [1.165, 1.54) is 12.1 Å². The first-order valence-electron chi connectivity index (χ1n) is 9.10. The Bertz CT molecular complexity index is 807. The van der Waals surface area contributed by atoms with Crippen molar-refractivity contribution >= 4 is 17.8 Å². The zero-order valence-corrected chi connectivity index (χ0v) is 15.8. The van der Waals surface area contributed by atoms with Crippen molar-refractivity contribution in [2.45, 2.75) is 13.0 Å². The highest BCUT2D eigenvalue weighted by Gasteiger charge is 2.21. The second-order valence-electron chi connectivity index (χ2n) is 6.56. The molecule has 0 unspecified atom stereocenters. The number of aliphatic carboxylic acids is 2. The number of carbonyl (C=O) groups is 3. The van der Waals surface area contributed by atoms with Gasteiger partial charge in [-0.1, -0.05) is 42.5 Å². The Kier molecular flexibility index (Phi) is 8.29. The molecule has 0 aliphatic carbocycles. The van der Waals surface area contributed by atoms with Crippen molar-refractivity contribution < 1.29 is 29.0 Å². The van der Waals surface area contributed by atoms with Crippen molar-refractivity contribution in [1.29, 1.82) is 0 Å². The molecule has 0 saturated carbocycles. The molecule has 1 aliphatic heterocycles. The summed E-state index contributed by atoms with van der Waals surface area (Å²) in [6.45, 7) is 4.04. The van der Waals surface area contributed by atoms with Crippen molar-refractivity contribution in [3.63, 3.8) is 0 Å². The summed E-state index contributed by atoms with van der Waals surface area (Å²) in [5.74, 6) is -3.66. The van der Waals surface area contributed by atoms with E-state index in [1.54, 1.807) is 0 Å². The molecule has 2 N–H and O–H groups in total. The van der Waals surface area contributed by atoms with Crippen LogP contribution in [0.2, 0.25) is 0 Å². The largest absolute Gasteiger partial charge is 0.473 e. The second kappa shape index (κ2) is 10.9. The Morgan fingerprint density at radius 1 is 0.793 bits per heavy atom. The molecule has 7 nitrogen and oxygen atoms in total. The lowest BCUT2D eigenvalue weighted by Crippen LogP contribution is -2.48. The Morgan fingerprint density at radius 2 is 1.34 bits per heavy atom. The Morgan fingerprint density at radius 3 is 1.86 bits per heavy atom. The first-order valence-corrected chi connectivity index (χ1v) is 9.10. The lowest BCUT2D eigenvalue weighted by molar-refractivity contribution is -0.159. The number of piperazine rings is 1. The highest BCUT2D eigenvalue weighted by molar-refractivity contribution is 6.27. The molecule has 3 rings (SSSR count). The summed E-state index contributed by atoms with van der Waals surface area (Å²) < 4.78 is 12.9. The number of amides is 1. The van der Waals surface area contributed by atoms with Gasteiger partial charge in [-0.25, -0.2) is 14.0 Å². The van der Waals surface area contributed by atoms with Crippen molar-refractivity contribution in [3.8, 4) is 0 Å². The van der Waals surface area contributed by atoms with Gasteiger partial charge < -0.3 is 15.1 Å². The molecule has 0 spiro atoms. The highest BCUT2D eigenvalue weighted by Crippen LogP contribution is 2.11. The standard InChI is InChI=1S/C19H21FN2O.C2H2O4/c20-18-8-6-17(7-9-18)15-21-10-12-22(13-11-21)19(23)14-16-4-2-1-3-5-16;3-1(4)2(5)6/h1-9H,10-15H2;(H,3,4)(H,5,6). The van der Waals surface area contributed by atoms with E-state index >= 15 is 0 Å². The second-order valence-corrected chi connectivity index (χ2v) is 6.56. The molecule has 154 valence electrons. The molecule has 0 atom stereocenters. The van der Waals surface area contributed by atoms with Crippen LogP contribution in [0.25, 0.3) is 0 Å². The van der Waals surface area contributed by atoms with Crippen LogP contribution in [0, 0.1) is 5.82 Å². The quantitative estimate of drug-likeness (QED) is 0.758. The number of nitrogens with zero attached hydrogens (tertiary/aromatic N) is 2. The van der Waals surface area contributed by atoms with E-state index in [0.29, 0.717) is 6.42 Å². The van der Waals surface area contributed by atoms with Gasteiger partial charge in [-0.15, -0.1) is 0 Å². The number of hydrogen-bond donors (Lipinski definition) is 2. The van der Waals surface area contributed by atoms with E-state index in [4.69, 9.17) is 19.8 Å². The molecule has 1 saturated heterocycles.